The molecule has 2 aromatic rings. The number of hydrogen-bond donors (Lipinski definition) is 0. The van der Waals surface area contributed by atoms with E-state index >= 15 is 0 Å². The van der Waals surface area contributed by atoms with Gasteiger partial charge in [0.2, 0.25) is 0 Å². The van der Waals surface area contributed by atoms with Gasteiger partial charge in [-0.25, -0.2) is 0 Å². The van der Waals surface area contributed by atoms with Gasteiger partial charge in [0.25, 0.3) is 5.56 Å². The largest absolute Gasteiger partial charge is 0.272 e. The highest BCUT2D eigenvalue weighted by atomic mass is 79.9. The molecule has 0 aliphatic heterocycles. The molecule has 0 saturated heterocycles. The Hall–Kier alpha value is -0.940. The van der Waals surface area contributed by atoms with E-state index in [1.165, 1.54) is 22.1 Å². The predicted molar refractivity (Wildman–Crippen MR) is 55.4 cm³/mol. The third-order valence-electron chi connectivity index (χ3n) is 1.48. The van der Waals surface area contributed by atoms with Crippen molar-refractivity contribution < 1.29 is 0 Å². The van der Waals surface area contributed by atoms with Gasteiger partial charge in [0.15, 0.2) is 0 Å². The minimum Gasteiger partial charge on any atom is -0.267 e. The van der Waals surface area contributed by atoms with Crippen LogP contribution in [0.3, 0.4) is 0 Å². The highest BCUT2D eigenvalue weighted by Crippen LogP contribution is 2.23. The Morgan fingerprint density at radius 3 is 2.85 bits per heavy atom. The maximum atomic E-state index is 11.3. The lowest BCUT2D eigenvalue weighted by molar-refractivity contribution is 0.820. The minimum atomic E-state index is -0.114. The molecule has 0 aliphatic rings. The Morgan fingerprint density at radius 1 is 1.38 bits per heavy atom. The average Bonchev–Trinajstić information content (AvgIpc) is 2.53. The lowest BCUT2D eigenvalue weighted by Gasteiger charge is -1.96. The van der Waals surface area contributed by atoms with Crippen molar-refractivity contribution in [2.45, 2.75) is 0 Å². The molecule has 0 amide bonds. The SMILES string of the molecule is O=c1cccnn1-c1ccc(Br)s1. The van der Waals surface area contributed by atoms with Crippen LogP contribution in [0.1, 0.15) is 0 Å². The smallest absolute Gasteiger partial charge is 0.267 e. The standard InChI is InChI=1S/C8H5BrN2OS/c9-6-3-4-8(13-6)11-7(12)2-1-5-10-11/h1-5H. The zero-order chi connectivity index (χ0) is 9.26. The summed E-state index contributed by atoms with van der Waals surface area (Å²) in [4.78, 5) is 11.3. The zero-order valence-electron chi connectivity index (χ0n) is 6.48. The zero-order valence-corrected chi connectivity index (χ0v) is 8.88. The monoisotopic (exact) mass is 256 g/mol. The Morgan fingerprint density at radius 2 is 2.23 bits per heavy atom. The Kier molecular flexibility index (Phi) is 2.28. The Bertz CT molecular complexity index is 477. The van der Waals surface area contributed by atoms with Gasteiger partial charge < -0.3 is 0 Å². The third kappa shape index (κ3) is 1.71. The summed E-state index contributed by atoms with van der Waals surface area (Å²) in [5.74, 6) is 0. The van der Waals surface area contributed by atoms with Crippen LogP contribution in [-0.4, -0.2) is 9.78 Å². The second-order valence-corrected chi connectivity index (χ2v) is 4.79. The van der Waals surface area contributed by atoms with Crippen LogP contribution in [-0.2, 0) is 0 Å². The maximum Gasteiger partial charge on any atom is 0.272 e. The number of nitrogens with zero attached hydrogens (tertiary/aromatic N) is 2. The van der Waals surface area contributed by atoms with Crippen LogP contribution in [0, 0.1) is 0 Å². The fourth-order valence-electron chi connectivity index (χ4n) is 0.942. The number of halogens is 1. The van der Waals surface area contributed by atoms with Gasteiger partial charge in [0.1, 0.15) is 5.00 Å². The van der Waals surface area contributed by atoms with Crippen LogP contribution in [0.15, 0.2) is 39.0 Å². The maximum absolute atomic E-state index is 11.3. The lowest BCUT2D eigenvalue weighted by atomic mass is 10.5. The first-order valence-corrected chi connectivity index (χ1v) is 5.18. The molecule has 0 unspecified atom stereocenters. The summed E-state index contributed by atoms with van der Waals surface area (Å²) in [6.45, 7) is 0. The summed E-state index contributed by atoms with van der Waals surface area (Å²) in [7, 11) is 0. The van der Waals surface area contributed by atoms with Crippen LogP contribution in [0.5, 0.6) is 0 Å². The molecule has 2 heterocycles. The number of thiophene rings is 1. The average molecular weight is 257 g/mol. The second-order valence-electron chi connectivity index (χ2n) is 2.35. The normalized spacial score (nSPS) is 10.2. The molecule has 0 saturated carbocycles. The summed E-state index contributed by atoms with van der Waals surface area (Å²) >= 11 is 4.80. The van der Waals surface area contributed by atoms with Crippen LogP contribution in [0.2, 0.25) is 0 Å². The van der Waals surface area contributed by atoms with Crippen LogP contribution in [0.25, 0.3) is 5.00 Å². The van der Waals surface area contributed by atoms with Crippen molar-refractivity contribution >= 4 is 27.3 Å². The van der Waals surface area contributed by atoms with E-state index in [1.54, 1.807) is 12.3 Å². The fourth-order valence-corrected chi connectivity index (χ4v) is 2.27. The quantitative estimate of drug-likeness (QED) is 0.783. The molecule has 0 spiro atoms. The van der Waals surface area contributed by atoms with Gasteiger partial charge >= 0.3 is 0 Å². The van der Waals surface area contributed by atoms with Crippen molar-refractivity contribution in [1.29, 1.82) is 0 Å². The fraction of sp³-hybridized carbons (Fsp3) is 0. The lowest BCUT2D eigenvalue weighted by Crippen LogP contribution is -2.17. The highest BCUT2D eigenvalue weighted by molar-refractivity contribution is 9.11. The summed E-state index contributed by atoms with van der Waals surface area (Å²) in [6, 6.07) is 6.85. The van der Waals surface area contributed by atoms with Crippen molar-refractivity contribution in [3.05, 3.63) is 44.6 Å². The topological polar surface area (TPSA) is 34.9 Å². The molecule has 5 heteroatoms. The van der Waals surface area contributed by atoms with E-state index in [-0.39, 0.29) is 5.56 Å². The molecule has 0 aliphatic carbocycles. The number of hydrogen-bond acceptors (Lipinski definition) is 3. The van der Waals surface area contributed by atoms with Gasteiger partial charge in [0, 0.05) is 12.3 Å². The molecular weight excluding hydrogens is 252 g/mol. The molecule has 0 fully saturated rings. The van der Waals surface area contributed by atoms with Crippen molar-refractivity contribution in [3.63, 3.8) is 0 Å². The van der Waals surface area contributed by atoms with Crippen LogP contribution < -0.4 is 5.56 Å². The second kappa shape index (κ2) is 3.43. The van der Waals surface area contributed by atoms with E-state index in [9.17, 15) is 4.79 Å². The van der Waals surface area contributed by atoms with E-state index in [2.05, 4.69) is 21.0 Å². The number of rotatable bonds is 1. The summed E-state index contributed by atoms with van der Waals surface area (Å²) < 4.78 is 2.36. The molecule has 0 N–H and O–H groups in total. The van der Waals surface area contributed by atoms with Crippen molar-refractivity contribution in [3.8, 4) is 5.00 Å². The number of aromatic nitrogens is 2. The third-order valence-corrected chi connectivity index (χ3v) is 3.08. The highest BCUT2D eigenvalue weighted by Gasteiger charge is 2.01. The van der Waals surface area contributed by atoms with Gasteiger partial charge in [-0.2, -0.15) is 9.78 Å². The van der Waals surface area contributed by atoms with Gasteiger partial charge in [0.05, 0.1) is 3.79 Å². The van der Waals surface area contributed by atoms with Gasteiger partial charge in [-0.15, -0.1) is 11.3 Å². The molecule has 66 valence electrons. The van der Waals surface area contributed by atoms with Crippen molar-refractivity contribution in [2.75, 3.05) is 0 Å². The first kappa shape index (κ1) is 8.65. The first-order valence-electron chi connectivity index (χ1n) is 3.57. The van der Waals surface area contributed by atoms with E-state index in [1.807, 2.05) is 12.1 Å². The van der Waals surface area contributed by atoms with E-state index in [0.29, 0.717) is 0 Å². The Labute approximate surface area is 86.8 Å². The van der Waals surface area contributed by atoms with E-state index in [4.69, 9.17) is 0 Å². The van der Waals surface area contributed by atoms with Crippen LogP contribution in [0.4, 0.5) is 0 Å². The van der Waals surface area contributed by atoms with Gasteiger partial charge in [-0.3, -0.25) is 4.79 Å². The molecule has 13 heavy (non-hydrogen) atoms. The van der Waals surface area contributed by atoms with Crippen molar-refractivity contribution in [1.82, 2.24) is 9.78 Å². The molecule has 2 aromatic heterocycles. The summed E-state index contributed by atoms with van der Waals surface area (Å²) in [6.07, 6.45) is 1.59. The van der Waals surface area contributed by atoms with Gasteiger partial charge in [-0.1, -0.05) is 0 Å². The molecule has 0 aromatic carbocycles. The van der Waals surface area contributed by atoms with Gasteiger partial charge in [-0.05, 0) is 34.1 Å². The summed E-state index contributed by atoms with van der Waals surface area (Å²) in [5.41, 5.74) is -0.114. The van der Waals surface area contributed by atoms with Crippen molar-refractivity contribution in [2.24, 2.45) is 0 Å². The molecule has 3 nitrogen and oxygen atoms in total. The molecule has 0 atom stereocenters. The summed E-state index contributed by atoms with van der Waals surface area (Å²) in [5, 5.41) is 4.77. The first-order chi connectivity index (χ1) is 6.27. The molecule has 2 rings (SSSR count). The van der Waals surface area contributed by atoms with E-state index in [0.717, 1.165) is 8.79 Å². The van der Waals surface area contributed by atoms with E-state index < -0.39 is 0 Å². The molecule has 0 radical (unpaired) electrons. The minimum absolute atomic E-state index is 0.114. The Balaban J connectivity index is 2.59. The molecule has 0 bridgehead atoms. The predicted octanol–water partition coefficient (Wildman–Crippen LogP) is 2.06. The van der Waals surface area contributed by atoms with Crippen LogP contribution >= 0.6 is 27.3 Å². The molecular formula is C8H5BrN2OS.